The zero-order valence-corrected chi connectivity index (χ0v) is 6.63. The molecule has 0 amide bonds. The molecule has 0 N–H and O–H groups in total. The zero-order valence-electron chi connectivity index (χ0n) is 6.63. The minimum Gasteiger partial charge on any atom is -0.293 e. The van der Waals surface area contributed by atoms with E-state index in [0.717, 1.165) is 0 Å². The fraction of sp³-hybridized carbons (Fsp3) is 0.375. The van der Waals surface area contributed by atoms with Crippen LogP contribution < -0.4 is 0 Å². The normalized spacial score (nSPS) is 8.82. The summed E-state index contributed by atoms with van der Waals surface area (Å²) in [4.78, 5) is 19.5. The third-order valence-electron chi connectivity index (χ3n) is 1.04. The van der Waals surface area contributed by atoms with Gasteiger partial charge in [0, 0.05) is 5.57 Å². The van der Waals surface area contributed by atoms with Crippen molar-refractivity contribution in [2.75, 3.05) is 6.61 Å². The third kappa shape index (κ3) is 4.33. The summed E-state index contributed by atoms with van der Waals surface area (Å²) >= 11 is 0. The minimum atomic E-state index is -0.519. The highest BCUT2D eigenvalue weighted by atomic mass is 17.2. The van der Waals surface area contributed by atoms with Crippen LogP contribution in [-0.2, 0) is 14.6 Å². The van der Waals surface area contributed by atoms with Gasteiger partial charge in [-0.3, -0.25) is 4.89 Å². The lowest BCUT2D eigenvalue weighted by Gasteiger charge is -2.00. The Labute approximate surface area is 66.2 Å². The van der Waals surface area contributed by atoms with E-state index >= 15 is 0 Å². The molecule has 0 atom stereocenters. The first-order chi connectivity index (χ1) is 5.22. The first-order valence-corrected chi connectivity index (χ1v) is 3.34. The van der Waals surface area contributed by atoms with E-state index in [1.54, 1.807) is 0 Å². The van der Waals surface area contributed by atoms with E-state index in [4.69, 9.17) is 0 Å². The van der Waals surface area contributed by atoms with Gasteiger partial charge in [0.15, 0.2) is 0 Å². The van der Waals surface area contributed by atoms with Crippen LogP contribution in [0.25, 0.3) is 0 Å². The Morgan fingerprint density at radius 3 is 2.73 bits per heavy atom. The molecule has 0 aliphatic heterocycles. The number of carbonyl (C=O) groups is 1. The van der Waals surface area contributed by atoms with Crippen molar-refractivity contribution in [2.24, 2.45) is 0 Å². The van der Waals surface area contributed by atoms with Crippen LogP contribution in [0.15, 0.2) is 24.8 Å². The van der Waals surface area contributed by atoms with Gasteiger partial charge in [-0.1, -0.05) is 19.6 Å². The summed E-state index contributed by atoms with van der Waals surface area (Å²) in [5.41, 5.74) is 0.397. The topological polar surface area (TPSA) is 35.5 Å². The largest absolute Gasteiger partial charge is 0.368 e. The Bertz CT molecular complexity index is 161. The van der Waals surface area contributed by atoms with Gasteiger partial charge in [0.2, 0.25) is 0 Å². The van der Waals surface area contributed by atoms with Crippen LogP contribution in [0.1, 0.15) is 13.3 Å². The molecule has 0 heterocycles. The highest BCUT2D eigenvalue weighted by molar-refractivity contribution is 5.87. The highest BCUT2D eigenvalue weighted by Crippen LogP contribution is 1.99. The summed E-state index contributed by atoms with van der Waals surface area (Å²) < 4.78 is 0. The lowest BCUT2D eigenvalue weighted by atomic mass is 10.2. The second kappa shape index (κ2) is 5.68. The maximum absolute atomic E-state index is 10.8. The van der Waals surface area contributed by atoms with Crippen LogP contribution in [0.4, 0.5) is 0 Å². The van der Waals surface area contributed by atoms with Gasteiger partial charge in [-0.2, -0.15) is 4.89 Å². The standard InChI is InChI=1S/C8H12O3/c1-4-6-10-11-8(9)7(3)5-2/h4H,1,3,5-6H2,2H3. The third-order valence-corrected chi connectivity index (χ3v) is 1.04. The number of hydrogen-bond acceptors (Lipinski definition) is 3. The summed E-state index contributed by atoms with van der Waals surface area (Å²) in [6.07, 6.45) is 2.05. The summed E-state index contributed by atoms with van der Waals surface area (Å²) in [5, 5.41) is 0. The lowest BCUT2D eigenvalue weighted by Crippen LogP contribution is -2.07. The Morgan fingerprint density at radius 2 is 2.27 bits per heavy atom. The van der Waals surface area contributed by atoms with Crippen molar-refractivity contribution < 1.29 is 14.6 Å². The first kappa shape index (κ1) is 9.91. The molecule has 0 bridgehead atoms. The Hall–Kier alpha value is -1.09. The lowest BCUT2D eigenvalue weighted by molar-refractivity contribution is -0.261. The van der Waals surface area contributed by atoms with Crippen molar-refractivity contribution in [3.63, 3.8) is 0 Å². The predicted molar refractivity (Wildman–Crippen MR) is 41.7 cm³/mol. The van der Waals surface area contributed by atoms with Gasteiger partial charge in [0.1, 0.15) is 6.61 Å². The summed E-state index contributed by atoms with van der Waals surface area (Å²) in [7, 11) is 0. The van der Waals surface area contributed by atoms with Gasteiger partial charge < -0.3 is 0 Å². The molecule has 0 unspecified atom stereocenters. The van der Waals surface area contributed by atoms with Crippen molar-refractivity contribution in [1.29, 1.82) is 0 Å². The van der Waals surface area contributed by atoms with E-state index in [2.05, 4.69) is 22.9 Å². The molecule has 0 aliphatic rings. The Balaban J connectivity index is 3.52. The number of carbonyl (C=O) groups excluding carboxylic acids is 1. The zero-order chi connectivity index (χ0) is 8.69. The average molecular weight is 156 g/mol. The molecule has 11 heavy (non-hydrogen) atoms. The molecule has 0 fully saturated rings. The van der Waals surface area contributed by atoms with Crippen LogP contribution in [0.3, 0.4) is 0 Å². The van der Waals surface area contributed by atoms with Gasteiger partial charge in [0.05, 0.1) is 0 Å². The number of rotatable bonds is 5. The molecule has 0 saturated carbocycles. The highest BCUT2D eigenvalue weighted by Gasteiger charge is 2.05. The smallest absolute Gasteiger partial charge is 0.293 e. The van der Waals surface area contributed by atoms with E-state index in [-0.39, 0.29) is 6.61 Å². The van der Waals surface area contributed by atoms with E-state index in [1.807, 2.05) is 6.92 Å². The quantitative estimate of drug-likeness (QED) is 0.199. The minimum absolute atomic E-state index is 0.197. The average Bonchev–Trinajstić information content (AvgIpc) is 2.03. The molecule has 0 aromatic rings. The van der Waals surface area contributed by atoms with Gasteiger partial charge in [-0.15, -0.1) is 6.58 Å². The molecular weight excluding hydrogens is 144 g/mol. The van der Waals surface area contributed by atoms with Crippen LogP contribution >= 0.6 is 0 Å². The summed E-state index contributed by atoms with van der Waals surface area (Å²) in [6.45, 7) is 8.87. The maximum atomic E-state index is 10.8. The van der Waals surface area contributed by atoms with Crippen molar-refractivity contribution in [3.8, 4) is 0 Å². The number of hydrogen-bond donors (Lipinski definition) is 0. The molecule has 0 radical (unpaired) electrons. The fourth-order valence-corrected chi connectivity index (χ4v) is 0.339. The molecular formula is C8H12O3. The second-order valence-electron chi connectivity index (χ2n) is 1.90. The fourth-order valence-electron chi connectivity index (χ4n) is 0.339. The van der Waals surface area contributed by atoms with E-state index in [9.17, 15) is 4.79 Å². The molecule has 0 rings (SSSR count). The molecule has 62 valence electrons. The van der Waals surface area contributed by atoms with E-state index in [0.29, 0.717) is 12.0 Å². The van der Waals surface area contributed by atoms with Crippen molar-refractivity contribution in [3.05, 3.63) is 24.8 Å². The van der Waals surface area contributed by atoms with Gasteiger partial charge in [0.25, 0.3) is 0 Å². The first-order valence-electron chi connectivity index (χ1n) is 3.34. The van der Waals surface area contributed by atoms with Crippen molar-refractivity contribution in [2.45, 2.75) is 13.3 Å². The van der Waals surface area contributed by atoms with Crippen molar-refractivity contribution >= 4 is 5.97 Å². The van der Waals surface area contributed by atoms with Gasteiger partial charge in [-0.25, -0.2) is 4.79 Å². The Morgan fingerprint density at radius 1 is 1.64 bits per heavy atom. The molecule has 0 aromatic carbocycles. The Kier molecular flexibility index (Phi) is 5.11. The van der Waals surface area contributed by atoms with Gasteiger partial charge >= 0.3 is 5.97 Å². The SMILES string of the molecule is C=CCOOC(=O)C(=C)CC. The molecule has 3 heteroatoms. The molecule has 0 saturated heterocycles. The molecule has 3 nitrogen and oxygen atoms in total. The van der Waals surface area contributed by atoms with Crippen LogP contribution in [-0.4, -0.2) is 12.6 Å². The van der Waals surface area contributed by atoms with Crippen LogP contribution in [0.5, 0.6) is 0 Å². The maximum Gasteiger partial charge on any atom is 0.368 e. The van der Waals surface area contributed by atoms with E-state index < -0.39 is 5.97 Å². The summed E-state index contributed by atoms with van der Waals surface area (Å²) in [6, 6.07) is 0. The monoisotopic (exact) mass is 156 g/mol. The van der Waals surface area contributed by atoms with Crippen LogP contribution in [0.2, 0.25) is 0 Å². The molecule has 0 aliphatic carbocycles. The van der Waals surface area contributed by atoms with Crippen LogP contribution in [0, 0.1) is 0 Å². The summed E-state index contributed by atoms with van der Waals surface area (Å²) in [5.74, 6) is -0.519. The second-order valence-corrected chi connectivity index (χ2v) is 1.90. The predicted octanol–water partition coefficient (Wildman–Crippen LogP) is 1.61. The van der Waals surface area contributed by atoms with Gasteiger partial charge in [-0.05, 0) is 6.42 Å². The van der Waals surface area contributed by atoms with Crippen molar-refractivity contribution in [1.82, 2.24) is 0 Å². The van der Waals surface area contributed by atoms with E-state index in [1.165, 1.54) is 6.08 Å². The molecule has 0 aromatic heterocycles. The molecule has 0 spiro atoms.